The molecule has 1 aromatic heterocycles. The van der Waals surface area contributed by atoms with Gasteiger partial charge in [-0.3, -0.25) is 14.9 Å². The zero-order valence-electron chi connectivity index (χ0n) is 10.6. The van der Waals surface area contributed by atoms with Gasteiger partial charge in [0, 0.05) is 15.8 Å². The van der Waals surface area contributed by atoms with Crippen molar-refractivity contribution in [2.45, 2.75) is 11.8 Å². The zero-order chi connectivity index (χ0) is 14.1. The van der Waals surface area contributed by atoms with Gasteiger partial charge < -0.3 is 5.32 Å². The first-order valence-corrected chi connectivity index (χ1v) is 7.78. The van der Waals surface area contributed by atoms with Crippen molar-refractivity contribution in [1.29, 1.82) is 0 Å². The summed E-state index contributed by atoms with van der Waals surface area (Å²) in [5.41, 5.74) is 2.06. The monoisotopic (exact) mass is 305 g/mol. The van der Waals surface area contributed by atoms with E-state index in [4.69, 9.17) is 0 Å². The third-order valence-corrected chi connectivity index (χ3v) is 4.66. The second-order valence-electron chi connectivity index (χ2n) is 4.30. The number of hydrogen-bond donors (Lipinski definition) is 2. The minimum atomic E-state index is -0.230. The quantitative estimate of drug-likeness (QED) is 0.895. The van der Waals surface area contributed by atoms with Gasteiger partial charge in [-0.1, -0.05) is 0 Å². The van der Waals surface area contributed by atoms with Crippen LogP contribution in [-0.4, -0.2) is 22.6 Å². The van der Waals surface area contributed by atoms with Crippen LogP contribution in [0.25, 0.3) is 0 Å². The van der Waals surface area contributed by atoms with Gasteiger partial charge in [0.2, 0.25) is 5.91 Å². The molecule has 1 aliphatic rings. The number of benzene rings is 1. The van der Waals surface area contributed by atoms with Crippen molar-refractivity contribution in [3.05, 3.63) is 34.8 Å². The largest absolute Gasteiger partial charge is 0.324 e. The minimum Gasteiger partial charge on any atom is -0.324 e. The van der Waals surface area contributed by atoms with Crippen molar-refractivity contribution >= 4 is 45.7 Å². The van der Waals surface area contributed by atoms with Gasteiger partial charge in [-0.2, -0.15) is 0 Å². The first-order valence-electron chi connectivity index (χ1n) is 5.92. The number of aryl methyl sites for hydroxylation is 1. The smallest absolute Gasteiger partial charge is 0.257 e. The van der Waals surface area contributed by atoms with Crippen LogP contribution in [0.15, 0.2) is 28.5 Å². The molecular formula is C13H11N3O2S2. The molecule has 2 amide bonds. The van der Waals surface area contributed by atoms with E-state index in [1.54, 1.807) is 12.1 Å². The number of fused-ring (bicyclic) bond motifs is 1. The van der Waals surface area contributed by atoms with E-state index in [0.717, 1.165) is 10.6 Å². The third-order valence-electron chi connectivity index (χ3n) is 2.71. The van der Waals surface area contributed by atoms with Gasteiger partial charge in [0.1, 0.15) is 0 Å². The Kier molecular flexibility index (Phi) is 3.45. The molecule has 0 atom stereocenters. The van der Waals surface area contributed by atoms with Crippen LogP contribution in [0, 0.1) is 6.92 Å². The molecule has 2 N–H and O–H groups in total. The van der Waals surface area contributed by atoms with Crippen LogP contribution in [0.5, 0.6) is 0 Å². The number of carbonyl (C=O) groups excluding carboxylic acids is 2. The Balaban J connectivity index is 1.81. The zero-order valence-corrected chi connectivity index (χ0v) is 12.2. The molecule has 0 radical (unpaired) electrons. The first-order chi connectivity index (χ1) is 9.61. The van der Waals surface area contributed by atoms with E-state index in [-0.39, 0.29) is 11.8 Å². The maximum Gasteiger partial charge on any atom is 0.257 e. The molecule has 7 heteroatoms. The fraction of sp³-hybridized carbons (Fsp3) is 0.154. The second kappa shape index (κ2) is 5.26. The molecule has 0 bridgehead atoms. The number of thioether (sulfide) groups is 1. The molecule has 5 nitrogen and oxygen atoms in total. The molecule has 2 heterocycles. The van der Waals surface area contributed by atoms with E-state index in [0.29, 0.717) is 22.1 Å². The van der Waals surface area contributed by atoms with E-state index >= 15 is 0 Å². The Morgan fingerprint density at radius 3 is 3.05 bits per heavy atom. The number of anilines is 2. The molecule has 0 saturated carbocycles. The molecule has 2 aromatic rings. The van der Waals surface area contributed by atoms with Crippen LogP contribution in [0.4, 0.5) is 10.8 Å². The number of hydrogen-bond acceptors (Lipinski definition) is 5. The highest BCUT2D eigenvalue weighted by Crippen LogP contribution is 2.32. The predicted octanol–water partition coefficient (Wildman–Crippen LogP) is 2.75. The van der Waals surface area contributed by atoms with Gasteiger partial charge in [-0.05, 0) is 25.1 Å². The van der Waals surface area contributed by atoms with Crippen molar-refractivity contribution in [3.8, 4) is 0 Å². The highest BCUT2D eigenvalue weighted by atomic mass is 32.2. The molecule has 0 spiro atoms. The van der Waals surface area contributed by atoms with E-state index in [1.165, 1.54) is 23.1 Å². The number of nitrogens with one attached hydrogen (secondary N) is 2. The molecule has 0 fully saturated rings. The summed E-state index contributed by atoms with van der Waals surface area (Å²) in [4.78, 5) is 28.7. The molecule has 3 rings (SSSR count). The lowest BCUT2D eigenvalue weighted by Crippen LogP contribution is -2.19. The average Bonchev–Trinajstić information content (AvgIpc) is 2.83. The molecule has 20 heavy (non-hydrogen) atoms. The Bertz CT molecular complexity index is 697. The van der Waals surface area contributed by atoms with Crippen LogP contribution in [0.3, 0.4) is 0 Å². The Morgan fingerprint density at radius 1 is 1.45 bits per heavy atom. The van der Waals surface area contributed by atoms with E-state index in [9.17, 15) is 9.59 Å². The Hall–Kier alpha value is -1.86. The van der Waals surface area contributed by atoms with Gasteiger partial charge in [-0.15, -0.1) is 23.1 Å². The topological polar surface area (TPSA) is 71.1 Å². The Morgan fingerprint density at radius 2 is 2.30 bits per heavy atom. The van der Waals surface area contributed by atoms with Crippen LogP contribution >= 0.6 is 23.1 Å². The van der Waals surface area contributed by atoms with Crippen molar-refractivity contribution in [2.75, 3.05) is 16.4 Å². The van der Waals surface area contributed by atoms with E-state index in [2.05, 4.69) is 15.6 Å². The molecule has 0 aliphatic carbocycles. The second-order valence-corrected chi connectivity index (χ2v) is 6.17. The highest BCUT2D eigenvalue weighted by molar-refractivity contribution is 8.00. The lowest BCUT2D eigenvalue weighted by atomic mass is 10.2. The summed E-state index contributed by atoms with van der Waals surface area (Å²) >= 11 is 2.86. The van der Waals surface area contributed by atoms with Crippen LogP contribution in [0.2, 0.25) is 0 Å². The number of rotatable bonds is 2. The number of thiazole rings is 1. The predicted molar refractivity (Wildman–Crippen MR) is 80.6 cm³/mol. The van der Waals surface area contributed by atoms with E-state index < -0.39 is 0 Å². The maximum atomic E-state index is 12.1. The first kappa shape index (κ1) is 13.1. The highest BCUT2D eigenvalue weighted by Gasteiger charge is 2.17. The van der Waals surface area contributed by atoms with Gasteiger partial charge in [-0.25, -0.2) is 4.98 Å². The molecule has 0 saturated heterocycles. The standard InChI is InChI=1S/C13H11N3O2S2/c1-7-5-20-13(14-7)16-12(18)8-2-3-10-9(4-8)15-11(17)6-19-10/h2-5H,6H2,1H3,(H,15,17)(H,14,16,18). The number of nitrogens with zero attached hydrogens (tertiary/aromatic N) is 1. The summed E-state index contributed by atoms with van der Waals surface area (Å²) in [5, 5.41) is 7.96. The van der Waals surface area contributed by atoms with Crippen molar-refractivity contribution in [2.24, 2.45) is 0 Å². The SMILES string of the molecule is Cc1csc(NC(=O)c2ccc3c(c2)NC(=O)CS3)n1. The average molecular weight is 305 g/mol. The Labute approximate surface area is 123 Å². The summed E-state index contributed by atoms with van der Waals surface area (Å²) in [5.74, 6) is 0.138. The van der Waals surface area contributed by atoms with Crippen molar-refractivity contribution < 1.29 is 9.59 Å². The third kappa shape index (κ3) is 2.68. The number of carbonyl (C=O) groups is 2. The fourth-order valence-electron chi connectivity index (χ4n) is 1.81. The molecule has 1 aromatic carbocycles. The summed E-state index contributed by atoms with van der Waals surface area (Å²) in [7, 11) is 0. The number of aromatic nitrogens is 1. The molecule has 0 unspecified atom stereocenters. The summed E-state index contributed by atoms with van der Waals surface area (Å²) in [6, 6.07) is 5.29. The normalized spacial score (nSPS) is 13.6. The van der Waals surface area contributed by atoms with Gasteiger partial charge in [0.25, 0.3) is 5.91 Å². The summed E-state index contributed by atoms with van der Waals surface area (Å²) < 4.78 is 0. The van der Waals surface area contributed by atoms with Crippen LogP contribution < -0.4 is 10.6 Å². The molecular weight excluding hydrogens is 294 g/mol. The summed E-state index contributed by atoms with van der Waals surface area (Å²) in [6.07, 6.45) is 0. The van der Waals surface area contributed by atoms with Crippen LogP contribution in [-0.2, 0) is 4.79 Å². The minimum absolute atomic E-state index is 0.0457. The van der Waals surface area contributed by atoms with Crippen molar-refractivity contribution in [1.82, 2.24) is 4.98 Å². The van der Waals surface area contributed by atoms with Crippen molar-refractivity contribution in [3.63, 3.8) is 0 Å². The van der Waals surface area contributed by atoms with E-state index in [1.807, 2.05) is 18.4 Å². The van der Waals surface area contributed by atoms with Crippen LogP contribution in [0.1, 0.15) is 16.1 Å². The summed E-state index contributed by atoms with van der Waals surface area (Å²) in [6.45, 7) is 1.87. The lowest BCUT2D eigenvalue weighted by molar-refractivity contribution is -0.113. The fourth-order valence-corrected chi connectivity index (χ4v) is 3.28. The van der Waals surface area contributed by atoms with Gasteiger partial charge in [0.05, 0.1) is 17.1 Å². The lowest BCUT2D eigenvalue weighted by Gasteiger charge is -2.16. The maximum absolute atomic E-state index is 12.1. The molecule has 102 valence electrons. The number of amides is 2. The molecule has 1 aliphatic heterocycles. The van der Waals surface area contributed by atoms with Gasteiger partial charge >= 0.3 is 0 Å². The van der Waals surface area contributed by atoms with Gasteiger partial charge in [0.15, 0.2) is 5.13 Å².